The van der Waals surface area contributed by atoms with Crippen LogP contribution in [0.4, 0.5) is 17.5 Å². The highest BCUT2D eigenvalue weighted by atomic mass is 16.5. The molecular weight excluding hydrogens is 348 g/mol. The minimum Gasteiger partial charge on any atom is -0.378 e. The van der Waals surface area contributed by atoms with E-state index in [0.717, 1.165) is 49.1 Å². The number of hydrogen-bond acceptors (Lipinski definition) is 5. The monoisotopic (exact) mass is 374 g/mol. The maximum absolute atomic E-state index is 5.50. The number of benzene rings is 2. The molecule has 0 aliphatic carbocycles. The lowest BCUT2D eigenvalue weighted by molar-refractivity contribution is 0.122. The number of nitrogens with one attached hydrogen (secondary N) is 1. The third kappa shape index (κ3) is 3.99. The molecule has 28 heavy (non-hydrogen) atoms. The molecule has 0 radical (unpaired) electrons. The van der Waals surface area contributed by atoms with E-state index in [1.807, 2.05) is 18.2 Å². The predicted octanol–water partition coefficient (Wildman–Crippen LogP) is 4.65. The fourth-order valence-electron chi connectivity index (χ4n) is 3.69. The normalized spacial score (nSPS) is 14.2. The molecule has 3 aromatic rings. The lowest BCUT2D eigenvalue weighted by atomic mass is 10.1. The van der Waals surface area contributed by atoms with Crippen LogP contribution in [0.25, 0.3) is 11.3 Å². The number of hydrogen-bond donors (Lipinski definition) is 1. The Hall–Kier alpha value is -2.92. The molecule has 5 heteroatoms. The number of ether oxygens (including phenoxy) is 1. The summed E-state index contributed by atoms with van der Waals surface area (Å²) in [7, 11) is 0. The predicted molar refractivity (Wildman–Crippen MR) is 114 cm³/mol. The Labute approximate surface area is 166 Å². The zero-order valence-electron chi connectivity index (χ0n) is 16.7. The first kappa shape index (κ1) is 18.4. The van der Waals surface area contributed by atoms with Gasteiger partial charge in [0.25, 0.3) is 0 Å². The minimum atomic E-state index is 0.623. The molecule has 0 spiro atoms. The summed E-state index contributed by atoms with van der Waals surface area (Å²) in [5.74, 6) is 1.56. The van der Waals surface area contributed by atoms with E-state index in [1.54, 1.807) is 0 Å². The van der Waals surface area contributed by atoms with Gasteiger partial charge in [0.15, 0.2) is 0 Å². The summed E-state index contributed by atoms with van der Waals surface area (Å²) in [4.78, 5) is 11.9. The van der Waals surface area contributed by atoms with Crippen LogP contribution in [0.1, 0.15) is 16.7 Å². The third-order valence-corrected chi connectivity index (χ3v) is 5.03. The van der Waals surface area contributed by atoms with E-state index >= 15 is 0 Å². The van der Waals surface area contributed by atoms with Crippen molar-refractivity contribution in [3.05, 3.63) is 65.2 Å². The first-order valence-corrected chi connectivity index (χ1v) is 9.72. The second kappa shape index (κ2) is 7.98. The summed E-state index contributed by atoms with van der Waals surface area (Å²) in [6.45, 7) is 9.49. The van der Waals surface area contributed by atoms with Crippen molar-refractivity contribution in [2.45, 2.75) is 20.8 Å². The Morgan fingerprint density at radius 1 is 0.893 bits per heavy atom. The van der Waals surface area contributed by atoms with Crippen molar-refractivity contribution < 1.29 is 4.74 Å². The minimum absolute atomic E-state index is 0.623. The zero-order chi connectivity index (χ0) is 19.5. The molecule has 0 unspecified atom stereocenters. The fraction of sp³-hybridized carbons (Fsp3) is 0.304. The lowest BCUT2D eigenvalue weighted by Gasteiger charge is -2.28. The third-order valence-electron chi connectivity index (χ3n) is 5.03. The molecule has 1 aliphatic rings. The van der Waals surface area contributed by atoms with Crippen molar-refractivity contribution in [2.75, 3.05) is 36.5 Å². The van der Waals surface area contributed by atoms with Gasteiger partial charge in [-0.15, -0.1) is 0 Å². The molecule has 1 fully saturated rings. The van der Waals surface area contributed by atoms with E-state index in [0.29, 0.717) is 5.95 Å². The summed E-state index contributed by atoms with van der Waals surface area (Å²) in [5, 5.41) is 3.48. The van der Waals surface area contributed by atoms with E-state index in [1.165, 1.54) is 16.7 Å². The smallest absolute Gasteiger partial charge is 0.229 e. The van der Waals surface area contributed by atoms with Crippen LogP contribution < -0.4 is 10.2 Å². The van der Waals surface area contributed by atoms with E-state index < -0.39 is 0 Å². The number of nitrogens with zero attached hydrogens (tertiary/aromatic N) is 3. The molecule has 2 heterocycles. The van der Waals surface area contributed by atoms with E-state index in [9.17, 15) is 0 Å². The molecule has 1 aliphatic heterocycles. The average Bonchev–Trinajstić information content (AvgIpc) is 2.72. The Balaban J connectivity index is 1.75. The lowest BCUT2D eigenvalue weighted by Crippen LogP contribution is -2.36. The van der Waals surface area contributed by atoms with Gasteiger partial charge in [-0.3, -0.25) is 0 Å². The largest absolute Gasteiger partial charge is 0.378 e. The van der Waals surface area contributed by atoms with Crippen molar-refractivity contribution in [2.24, 2.45) is 0 Å². The van der Waals surface area contributed by atoms with Crippen LogP contribution in [0.2, 0.25) is 0 Å². The highest BCUT2D eigenvalue weighted by Crippen LogP contribution is 2.28. The van der Waals surface area contributed by atoms with Crippen molar-refractivity contribution >= 4 is 17.5 Å². The Morgan fingerprint density at radius 3 is 2.25 bits per heavy atom. The molecule has 2 aromatic carbocycles. The molecule has 0 saturated carbocycles. The van der Waals surface area contributed by atoms with Crippen LogP contribution in [-0.2, 0) is 4.74 Å². The van der Waals surface area contributed by atoms with Crippen molar-refractivity contribution in [3.8, 4) is 11.3 Å². The maximum Gasteiger partial charge on any atom is 0.229 e. The molecule has 5 nitrogen and oxygen atoms in total. The first-order valence-electron chi connectivity index (χ1n) is 9.72. The molecular formula is C23H26N4O. The SMILES string of the molecule is Cc1cc(C)c(Nc2nc(-c3ccccc3)cc(N3CCOCC3)n2)c(C)c1. The summed E-state index contributed by atoms with van der Waals surface area (Å²) < 4.78 is 5.50. The van der Waals surface area contributed by atoms with Crippen LogP contribution >= 0.6 is 0 Å². The Kier molecular flexibility index (Phi) is 5.26. The zero-order valence-corrected chi connectivity index (χ0v) is 16.7. The van der Waals surface area contributed by atoms with Crippen LogP contribution in [0.15, 0.2) is 48.5 Å². The Bertz CT molecular complexity index is 943. The van der Waals surface area contributed by atoms with Crippen molar-refractivity contribution in [1.29, 1.82) is 0 Å². The van der Waals surface area contributed by atoms with E-state index in [-0.39, 0.29) is 0 Å². The highest BCUT2D eigenvalue weighted by molar-refractivity contribution is 5.69. The molecule has 4 rings (SSSR count). The van der Waals surface area contributed by atoms with Gasteiger partial charge in [0.2, 0.25) is 5.95 Å². The van der Waals surface area contributed by atoms with Gasteiger partial charge in [-0.05, 0) is 31.9 Å². The molecule has 144 valence electrons. The molecule has 1 aromatic heterocycles. The van der Waals surface area contributed by atoms with Crippen LogP contribution in [0.5, 0.6) is 0 Å². The van der Waals surface area contributed by atoms with Gasteiger partial charge >= 0.3 is 0 Å². The van der Waals surface area contributed by atoms with Gasteiger partial charge in [-0.2, -0.15) is 4.98 Å². The summed E-state index contributed by atoms with van der Waals surface area (Å²) >= 11 is 0. The fourth-order valence-corrected chi connectivity index (χ4v) is 3.69. The molecule has 0 bridgehead atoms. The number of aromatic nitrogens is 2. The van der Waals surface area contributed by atoms with Gasteiger partial charge in [0.1, 0.15) is 5.82 Å². The van der Waals surface area contributed by atoms with Crippen LogP contribution in [0, 0.1) is 20.8 Å². The molecule has 0 atom stereocenters. The topological polar surface area (TPSA) is 50.3 Å². The first-order chi connectivity index (χ1) is 13.6. The van der Waals surface area contributed by atoms with Gasteiger partial charge in [0.05, 0.1) is 18.9 Å². The van der Waals surface area contributed by atoms with E-state index in [4.69, 9.17) is 14.7 Å². The van der Waals surface area contributed by atoms with Gasteiger partial charge in [-0.25, -0.2) is 4.98 Å². The quantitative estimate of drug-likeness (QED) is 0.720. The summed E-state index contributed by atoms with van der Waals surface area (Å²) in [6, 6.07) is 16.7. The van der Waals surface area contributed by atoms with Gasteiger partial charge in [-0.1, -0.05) is 48.0 Å². The van der Waals surface area contributed by atoms with Gasteiger partial charge in [0, 0.05) is 30.4 Å². The van der Waals surface area contributed by atoms with Crippen molar-refractivity contribution in [1.82, 2.24) is 9.97 Å². The molecule has 0 amide bonds. The number of morpholine rings is 1. The standard InChI is InChI=1S/C23H26N4O/c1-16-13-17(2)22(18(3)14-16)26-23-24-20(19-7-5-4-6-8-19)15-21(25-23)27-9-11-28-12-10-27/h4-8,13-15H,9-12H2,1-3H3,(H,24,25,26). The van der Waals surface area contributed by atoms with E-state index in [2.05, 4.69) is 61.3 Å². The van der Waals surface area contributed by atoms with Crippen LogP contribution in [0.3, 0.4) is 0 Å². The van der Waals surface area contributed by atoms with Gasteiger partial charge < -0.3 is 15.0 Å². The summed E-state index contributed by atoms with van der Waals surface area (Å²) in [6.07, 6.45) is 0. The number of rotatable bonds is 4. The number of aryl methyl sites for hydroxylation is 3. The molecule has 1 N–H and O–H groups in total. The second-order valence-corrected chi connectivity index (χ2v) is 7.30. The Morgan fingerprint density at radius 2 is 1.57 bits per heavy atom. The van der Waals surface area contributed by atoms with Crippen LogP contribution in [-0.4, -0.2) is 36.3 Å². The van der Waals surface area contributed by atoms with Crippen molar-refractivity contribution in [3.63, 3.8) is 0 Å². The average molecular weight is 374 g/mol. The number of anilines is 3. The second-order valence-electron chi connectivity index (χ2n) is 7.30. The highest BCUT2D eigenvalue weighted by Gasteiger charge is 2.16. The summed E-state index contributed by atoms with van der Waals surface area (Å²) in [5.41, 5.74) is 6.72. The maximum atomic E-state index is 5.50. The molecule has 1 saturated heterocycles.